The number of phenols is 1. The fourth-order valence-corrected chi connectivity index (χ4v) is 3.81. The number of hydrogen-bond donors (Lipinski definition) is 1. The lowest BCUT2D eigenvalue weighted by Gasteiger charge is -2.07. The molecule has 3 nitrogen and oxygen atoms in total. The Balaban J connectivity index is 2.30. The van der Waals surface area contributed by atoms with Crippen LogP contribution >= 0.6 is 31.9 Å². The van der Waals surface area contributed by atoms with Gasteiger partial charge in [-0.2, -0.15) is 0 Å². The first-order chi connectivity index (χ1) is 11.7. The van der Waals surface area contributed by atoms with Crippen molar-refractivity contribution in [3.8, 4) is 5.75 Å². The molecule has 8 heteroatoms. The predicted molar refractivity (Wildman–Crippen MR) is 103 cm³/mol. The molecule has 1 unspecified atom stereocenters. The minimum Gasteiger partial charge on any atom is -0.506 e. The van der Waals surface area contributed by atoms with Crippen LogP contribution in [0, 0.1) is 0 Å². The first-order valence-corrected chi connectivity index (χ1v) is 8.77. The highest BCUT2D eigenvalue weighted by atomic mass is 79.9. The molecule has 0 spiro atoms. The van der Waals surface area contributed by atoms with Gasteiger partial charge < -0.3 is 9.52 Å². The second-order valence-corrected chi connectivity index (χ2v) is 7.27. The topological polar surface area (TPSA) is 50.4 Å². The Morgan fingerprint density at radius 1 is 1.20 bits per heavy atom. The lowest BCUT2D eigenvalue weighted by Crippen LogP contribution is -2.14. The Morgan fingerprint density at radius 2 is 1.80 bits per heavy atom. The van der Waals surface area contributed by atoms with Crippen molar-refractivity contribution < 1.29 is 18.7 Å². The van der Waals surface area contributed by atoms with Gasteiger partial charge in [0, 0.05) is 10.9 Å². The molecule has 0 bridgehead atoms. The fourth-order valence-electron chi connectivity index (χ4n) is 2.62. The van der Waals surface area contributed by atoms with Crippen LogP contribution in [0.5, 0.6) is 5.75 Å². The molecule has 1 aromatic heterocycles. The van der Waals surface area contributed by atoms with Gasteiger partial charge in [0.2, 0.25) is 0 Å². The molecule has 1 atom stereocenters. The zero-order valence-electron chi connectivity index (χ0n) is 12.9. The molecule has 25 heavy (non-hydrogen) atoms. The molecule has 0 saturated heterocycles. The molecule has 3 rings (SSSR count). The van der Waals surface area contributed by atoms with Gasteiger partial charge in [0.05, 0.1) is 14.5 Å². The smallest absolute Gasteiger partial charge is 0.197 e. The summed E-state index contributed by atoms with van der Waals surface area (Å²) >= 11 is 6.36. The quantitative estimate of drug-likeness (QED) is 0.480. The molecule has 0 aliphatic rings. The van der Waals surface area contributed by atoms with Crippen molar-refractivity contribution in [2.75, 3.05) is 0 Å². The Labute approximate surface area is 162 Å². The largest absolute Gasteiger partial charge is 0.506 e. The van der Waals surface area contributed by atoms with Gasteiger partial charge in [0.15, 0.2) is 12.0 Å². The van der Waals surface area contributed by atoms with Gasteiger partial charge in [-0.25, -0.2) is 4.39 Å². The summed E-state index contributed by atoms with van der Waals surface area (Å²) in [5.74, 6) is -0.622. The highest BCUT2D eigenvalue weighted by molar-refractivity contribution is 9.11. The van der Waals surface area contributed by atoms with E-state index >= 15 is 0 Å². The molecule has 0 aliphatic carbocycles. The summed E-state index contributed by atoms with van der Waals surface area (Å²) in [6.07, 6.45) is -1.52. The van der Waals surface area contributed by atoms with Crippen LogP contribution in [0.3, 0.4) is 0 Å². The number of halogens is 3. The van der Waals surface area contributed by atoms with Gasteiger partial charge in [0.1, 0.15) is 32.8 Å². The highest BCUT2D eigenvalue weighted by Crippen LogP contribution is 2.36. The van der Waals surface area contributed by atoms with Gasteiger partial charge in [-0.3, -0.25) is 4.79 Å². The van der Waals surface area contributed by atoms with E-state index in [1.54, 1.807) is 0 Å². The van der Waals surface area contributed by atoms with Gasteiger partial charge in [-0.15, -0.1) is 0 Å². The van der Waals surface area contributed by atoms with Crippen LogP contribution in [-0.2, 0) is 0 Å². The molecule has 1 N–H and O–H groups in total. The van der Waals surface area contributed by atoms with E-state index in [0.29, 0.717) is 19.8 Å². The van der Waals surface area contributed by atoms with Crippen LogP contribution in [0.2, 0.25) is 0 Å². The molecular formula is C17H9B2Br2FO3. The number of furan rings is 1. The minimum absolute atomic E-state index is 0.0406. The van der Waals surface area contributed by atoms with Crippen LogP contribution in [0.4, 0.5) is 4.39 Å². The monoisotopic (exact) mass is 460 g/mol. The van der Waals surface area contributed by atoms with Gasteiger partial charge in [-0.1, -0.05) is 23.1 Å². The van der Waals surface area contributed by atoms with E-state index in [1.807, 2.05) is 0 Å². The van der Waals surface area contributed by atoms with E-state index in [1.165, 1.54) is 31.2 Å². The number of rotatable bonds is 3. The van der Waals surface area contributed by atoms with Crippen LogP contribution in [-0.4, -0.2) is 26.6 Å². The number of fused-ring (bicyclic) bond motifs is 1. The predicted octanol–water partition coefficient (Wildman–Crippen LogP) is 3.51. The van der Waals surface area contributed by atoms with Crippen LogP contribution < -0.4 is 10.9 Å². The summed E-state index contributed by atoms with van der Waals surface area (Å²) in [4.78, 5) is 13.1. The van der Waals surface area contributed by atoms with Gasteiger partial charge in [-0.05, 0) is 50.9 Å². The van der Waals surface area contributed by atoms with E-state index in [0.717, 1.165) is 0 Å². The number of phenolic OH excluding ortho intramolecular Hbond substituents is 1. The maximum Gasteiger partial charge on any atom is 0.197 e. The zero-order valence-corrected chi connectivity index (χ0v) is 16.1. The summed E-state index contributed by atoms with van der Waals surface area (Å²) < 4.78 is 20.3. The van der Waals surface area contributed by atoms with Crippen molar-refractivity contribution in [3.05, 3.63) is 50.1 Å². The maximum atomic E-state index is 14.1. The maximum absolute atomic E-state index is 14.1. The molecule has 3 aromatic rings. The van der Waals surface area contributed by atoms with E-state index in [9.17, 15) is 14.3 Å². The zero-order chi connectivity index (χ0) is 18.5. The van der Waals surface area contributed by atoms with Gasteiger partial charge in [0.25, 0.3) is 0 Å². The second-order valence-electron chi connectivity index (χ2n) is 5.56. The van der Waals surface area contributed by atoms with E-state index in [2.05, 4.69) is 31.9 Å². The normalized spacial score (nSPS) is 12.5. The molecule has 1 heterocycles. The molecular weight excluding hydrogens is 453 g/mol. The average Bonchev–Trinajstić information content (AvgIpc) is 2.91. The third kappa shape index (κ3) is 3.17. The molecule has 4 radical (unpaired) electrons. The lowest BCUT2D eigenvalue weighted by molar-refractivity contribution is 0.103. The number of alkyl halides is 1. The van der Waals surface area contributed by atoms with Crippen molar-refractivity contribution >= 4 is 75.2 Å². The molecule has 0 saturated carbocycles. The highest BCUT2D eigenvalue weighted by Gasteiger charge is 2.27. The van der Waals surface area contributed by atoms with Gasteiger partial charge >= 0.3 is 0 Å². The van der Waals surface area contributed by atoms with E-state index in [4.69, 9.17) is 20.1 Å². The number of carbonyl (C=O) groups excluding carboxylic acids is 1. The standard InChI is InChI=1S/C17H9B2Br2FO3/c1-6(22)16-13(9-4-8(18)5-10(19)17(9)25-16)14(23)7-2-11(20)15(24)12(21)3-7/h2-6,24H,1H3. The van der Waals surface area contributed by atoms with Crippen LogP contribution in [0.1, 0.15) is 34.8 Å². The third-order valence-electron chi connectivity index (χ3n) is 3.74. The summed E-state index contributed by atoms with van der Waals surface area (Å²) in [7, 11) is 11.7. The Hall–Kier alpha value is -1.53. The van der Waals surface area contributed by atoms with Crippen LogP contribution in [0.25, 0.3) is 11.0 Å². The molecule has 2 aromatic carbocycles. The number of aromatic hydroxyl groups is 1. The minimum atomic E-state index is -1.52. The van der Waals surface area contributed by atoms with Crippen LogP contribution in [0.15, 0.2) is 37.6 Å². The van der Waals surface area contributed by atoms with E-state index in [-0.39, 0.29) is 33.7 Å². The average molecular weight is 462 g/mol. The number of ketones is 1. The number of carbonyl (C=O) groups is 1. The SMILES string of the molecule is [B]c1cc([B])c2oc(C(C)F)c(C(=O)c3cc(Br)c(O)c(Br)c3)c2c1. The second kappa shape index (κ2) is 6.65. The molecule has 0 fully saturated rings. The molecule has 0 aliphatic heterocycles. The van der Waals surface area contributed by atoms with Crippen molar-refractivity contribution in [2.45, 2.75) is 13.1 Å². The summed E-state index contributed by atoms with van der Waals surface area (Å²) in [5.41, 5.74) is 1.08. The van der Waals surface area contributed by atoms with Crippen molar-refractivity contribution in [1.29, 1.82) is 0 Å². The van der Waals surface area contributed by atoms with E-state index < -0.39 is 12.0 Å². The summed E-state index contributed by atoms with van der Waals surface area (Å²) in [5, 5.41) is 10.2. The Bertz CT molecular complexity index is 992. The van der Waals surface area contributed by atoms with Crippen molar-refractivity contribution in [1.82, 2.24) is 0 Å². The third-order valence-corrected chi connectivity index (χ3v) is 4.94. The summed E-state index contributed by atoms with van der Waals surface area (Å²) in [6.45, 7) is 1.27. The first kappa shape index (κ1) is 18.3. The number of hydrogen-bond acceptors (Lipinski definition) is 3. The van der Waals surface area contributed by atoms with Crippen molar-refractivity contribution in [2.24, 2.45) is 0 Å². The Kier molecular flexibility index (Phi) is 4.86. The van der Waals surface area contributed by atoms with Crippen molar-refractivity contribution in [3.63, 3.8) is 0 Å². The molecule has 0 amide bonds. The Morgan fingerprint density at radius 3 is 2.36 bits per heavy atom. The first-order valence-electron chi connectivity index (χ1n) is 7.18. The summed E-state index contributed by atoms with van der Waals surface area (Å²) in [6, 6.07) is 5.91. The lowest BCUT2D eigenvalue weighted by atomic mass is 9.84. The fraction of sp³-hybridized carbons (Fsp3) is 0.118. The molecule has 122 valence electrons. The number of benzene rings is 2.